The Morgan fingerprint density at radius 3 is 2.59 bits per heavy atom. The van der Waals surface area contributed by atoms with Crippen molar-refractivity contribution >= 4 is 41.3 Å². The van der Waals surface area contributed by atoms with Gasteiger partial charge >= 0.3 is 0 Å². The van der Waals surface area contributed by atoms with E-state index in [4.69, 9.17) is 11.6 Å². The number of hydrogen-bond acceptors (Lipinski definition) is 2. The third-order valence-corrected chi connectivity index (χ3v) is 6.41. The van der Waals surface area contributed by atoms with Gasteiger partial charge in [0.25, 0.3) is 7.37 Å². The molecule has 1 heterocycles. The highest BCUT2D eigenvalue weighted by molar-refractivity contribution is 8.01. The second-order valence-corrected chi connectivity index (χ2v) is 7.39. The maximum absolute atomic E-state index is 12.5. The summed E-state index contributed by atoms with van der Waals surface area (Å²) >= 11 is 7.39. The predicted molar refractivity (Wildman–Crippen MR) is 71.1 cm³/mol. The Balaban J connectivity index is 2.31. The van der Waals surface area contributed by atoms with Crippen LogP contribution in [0.2, 0.25) is 5.02 Å². The summed E-state index contributed by atoms with van der Waals surface area (Å²) in [5.74, 6) is 0. The maximum Gasteiger partial charge on any atom is 0.261 e. The molecule has 0 saturated heterocycles. The molecule has 0 aliphatic carbocycles. The molecule has 1 aliphatic rings. The summed E-state index contributed by atoms with van der Waals surface area (Å²) < 4.78 is 12.5. The normalized spacial score (nSPS) is 21.8. The van der Waals surface area contributed by atoms with E-state index in [1.807, 2.05) is 12.1 Å². The zero-order valence-electron chi connectivity index (χ0n) is 8.63. The summed E-state index contributed by atoms with van der Waals surface area (Å²) in [6.45, 7) is 0. The first-order valence-electron chi connectivity index (χ1n) is 4.99. The Morgan fingerprint density at radius 2 is 1.76 bits per heavy atom. The molecule has 0 bridgehead atoms. The molecule has 3 rings (SSSR count). The SMILES string of the molecule is O=P1(O)c2ccccc2Sc2ccc(Cl)cc21. The van der Waals surface area contributed by atoms with Gasteiger partial charge in [-0.05, 0) is 30.3 Å². The summed E-state index contributed by atoms with van der Waals surface area (Å²) in [4.78, 5) is 11.9. The standard InChI is InChI=1S/C12H8ClO2PS/c13-8-5-6-12-10(7-8)16(14,15)9-3-1-2-4-11(9)17-12/h1-7H,(H,14,15). The molecule has 0 amide bonds. The molecule has 2 nitrogen and oxygen atoms in total. The van der Waals surface area contributed by atoms with Crippen LogP contribution in [0.25, 0.3) is 0 Å². The lowest BCUT2D eigenvalue weighted by Crippen LogP contribution is -2.23. The average Bonchev–Trinajstić information content (AvgIpc) is 2.31. The summed E-state index contributed by atoms with van der Waals surface area (Å²) in [6.07, 6.45) is 0. The molecule has 0 saturated carbocycles. The van der Waals surface area contributed by atoms with Crippen LogP contribution in [-0.4, -0.2) is 4.89 Å². The summed E-state index contributed by atoms with van der Waals surface area (Å²) in [6, 6.07) is 12.3. The van der Waals surface area contributed by atoms with Crippen LogP contribution in [0.1, 0.15) is 0 Å². The van der Waals surface area contributed by atoms with E-state index in [2.05, 4.69) is 0 Å². The Morgan fingerprint density at radius 1 is 1.06 bits per heavy atom. The molecule has 0 radical (unpaired) electrons. The van der Waals surface area contributed by atoms with Crippen molar-refractivity contribution in [3.8, 4) is 0 Å². The average molecular weight is 283 g/mol. The third kappa shape index (κ3) is 1.74. The van der Waals surface area contributed by atoms with Crippen molar-refractivity contribution in [3.05, 3.63) is 47.5 Å². The van der Waals surface area contributed by atoms with Gasteiger partial charge in [-0.2, -0.15) is 0 Å². The molecule has 1 aliphatic heterocycles. The molecule has 0 fully saturated rings. The lowest BCUT2D eigenvalue weighted by molar-refractivity contribution is 0.499. The Kier molecular flexibility index (Phi) is 2.60. The van der Waals surface area contributed by atoms with E-state index in [0.717, 1.165) is 9.79 Å². The second-order valence-electron chi connectivity index (χ2n) is 3.76. The van der Waals surface area contributed by atoms with Crippen LogP contribution in [0.15, 0.2) is 52.3 Å². The molecule has 0 spiro atoms. The number of rotatable bonds is 0. The van der Waals surface area contributed by atoms with Gasteiger partial charge in [-0.15, -0.1) is 0 Å². The molecule has 1 unspecified atom stereocenters. The maximum atomic E-state index is 12.5. The first-order chi connectivity index (χ1) is 8.09. The number of hydrogen-bond donors (Lipinski definition) is 1. The summed E-state index contributed by atoms with van der Waals surface area (Å²) in [5.41, 5.74) is 0. The number of fused-ring (bicyclic) bond motifs is 2. The lowest BCUT2D eigenvalue weighted by atomic mass is 10.3. The van der Waals surface area contributed by atoms with Gasteiger partial charge in [0.1, 0.15) is 0 Å². The highest BCUT2D eigenvalue weighted by Crippen LogP contribution is 2.49. The number of halogens is 1. The van der Waals surface area contributed by atoms with Gasteiger partial charge in [-0.1, -0.05) is 35.5 Å². The van der Waals surface area contributed by atoms with E-state index < -0.39 is 7.37 Å². The van der Waals surface area contributed by atoms with E-state index in [9.17, 15) is 9.46 Å². The van der Waals surface area contributed by atoms with Crippen molar-refractivity contribution in [1.29, 1.82) is 0 Å². The topological polar surface area (TPSA) is 37.3 Å². The predicted octanol–water partition coefficient (Wildman–Crippen LogP) is 3.03. The molecule has 2 aromatic rings. The van der Waals surface area contributed by atoms with Gasteiger partial charge < -0.3 is 4.89 Å². The molecule has 17 heavy (non-hydrogen) atoms. The van der Waals surface area contributed by atoms with Crippen molar-refractivity contribution in [2.45, 2.75) is 9.79 Å². The Bertz CT molecular complexity index is 657. The van der Waals surface area contributed by atoms with Gasteiger partial charge in [0.2, 0.25) is 0 Å². The Hall–Kier alpha value is -0.730. The molecule has 0 aromatic heterocycles. The highest BCUT2D eigenvalue weighted by Gasteiger charge is 2.34. The van der Waals surface area contributed by atoms with Gasteiger partial charge in [0, 0.05) is 14.8 Å². The highest BCUT2D eigenvalue weighted by atomic mass is 35.5. The van der Waals surface area contributed by atoms with Crippen LogP contribution in [0.4, 0.5) is 0 Å². The van der Waals surface area contributed by atoms with Gasteiger partial charge in [-0.25, -0.2) is 0 Å². The van der Waals surface area contributed by atoms with E-state index in [1.54, 1.807) is 30.3 Å². The van der Waals surface area contributed by atoms with Gasteiger partial charge in [0.05, 0.1) is 10.6 Å². The molecular weight excluding hydrogens is 275 g/mol. The molecule has 1 atom stereocenters. The zero-order valence-corrected chi connectivity index (χ0v) is 11.1. The van der Waals surface area contributed by atoms with Crippen LogP contribution in [0, 0.1) is 0 Å². The van der Waals surface area contributed by atoms with Crippen LogP contribution < -0.4 is 10.6 Å². The minimum absolute atomic E-state index is 0.439. The largest absolute Gasteiger partial charge is 0.338 e. The number of benzene rings is 2. The molecule has 1 N–H and O–H groups in total. The van der Waals surface area contributed by atoms with Crippen molar-refractivity contribution in [1.82, 2.24) is 0 Å². The van der Waals surface area contributed by atoms with Crippen LogP contribution in [-0.2, 0) is 4.57 Å². The van der Waals surface area contributed by atoms with E-state index in [0.29, 0.717) is 15.6 Å². The Labute approximate surface area is 108 Å². The van der Waals surface area contributed by atoms with E-state index >= 15 is 0 Å². The first kappa shape index (κ1) is 11.4. The van der Waals surface area contributed by atoms with Gasteiger partial charge in [-0.3, -0.25) is 4.57 Å². The zero-order chi connectivity index (χ0) is 12.0. The molecule has 2 aromatic carbocycles. The fraction of sp³-hybridized carbons (Fsp3) is 0. The smallest absolute Gasteiger partial charge is 0.261 e. The molecular formula is C12H8ClO2PS. The minimum Gasteiger partial charge on any atom is -0.338 e. The fourth-order valence-electron chi connectivity index (χ4n) is 1.86. The van der Waals surface area contributed by atoms with Crippen LogP contribution >= 0.6 is 30.7 Å². The minimum atomic E-state index is -3.50. The van der Waals surface area contributed by atoms with E-state index in [-0.39, 0.29) is 0 Å². The van der Waals surface area contributed by atoms with Crippen molar-refractivity contribution in [2.24, 2.45) is 0 Å². The fourth-order valence-corrected chi connectivity index (χ4v) is 5.58. The van der Waals surface area contributed by atoms with Crippen LogP contribution in [0.3, 0.4) is 0 Å². The lowest BCUT2D eigenvalue weighted by Gasteiger charge is -2.23. The van der Waals surface area contributed by atoms with Crippen LogP contribution in [0.5, 0.6) is 0 Å². The van der Waals surface area contributed by atoms with Crippen molar-refractivity contribution < 1.29 is 9.46 Å². The monoisotopic (exact) mass is 282 g/mol. The summed E-state index contributed by atoms with van der Waals surface area (Å²) in [5, 5.41) is 1.42. The third-order valence-electron chi connectivity index (χ3n) is 2.66. The van der Waals surface area contributed by atoms with Crippen molar-refractivity contribution in [2.75, 3.05) is 0 Å². The molecule has 5 heteroatoms. The second kappa shape index (κ2) is 3.89. The van der Waals surface area contributed by atoms with Crippen molar-refractivity contribution in [3.63, 3.8) is 0 Å². The van der Waals surface area contributed by atoms with Gasteiger partial charge in [0.15, 0.2) is 0 Å². The quantitative estimate of drug-likeness (QED) is 0.755. The summed E-state index contributed by atoms with van der Waals surface area (Å²) in [7, 11) is -3.50. The van der Waals surface area contributed by atoms with E-state index in [1.165, 1.54) is 11.8 Å². The molecule has 86 valence electrons. The first-order valence-corrected chi connectivity index (χ1v) is 7.85.